The quantitative estimate of drug-likeness (QED) is 0.403. The number of benzene rings is 1. The molecule has 3 N–H and O–H groups in total. The number of aromatic nitrogens is 2. The molecule has 9 nitrogen and oxygen atoms in total. The minimum Gasteiger partial charge on any atom is -0.379 e. The molecule has 9 heteroatoms. The zero-order chi connectivity index (χ0) is 22.3. The van der Waals surface area contributed by atoms with E-state index in [1.807, 2.05) is 41.3 Å². The second-order valence-electron chi connectivity index (χ2n) is 7.32. The van der Waals surface area contributed by atoms with Crippen molar-refractivity contribution < 1.29 is 19.5 Å². The van der Waals surface area contributed by atoms with Gasteiger partial charge in [-0.15, -0.1) is 0 Å². The van der Waals surface area contributed by atoms with Gasteiger partial charge in [-0.3, -0.25) is 24.7 Å². The van der Waals surface area contributed by atoms with Crippen LogP contribution in [0.2, 0.25) is 0 Å². The van der Waals surface area contributed by atoms with Gasteiger partial charge in [0.2, 0.25) is 5.91 Å². The van der Waals surface area contributed by atoms with Crippen LogP contribution < -0.4 is 10.8 Å². The van der Waals surface area contributed by atoms with Crippen molar-refractivity contribution in [2.45, 2.75) is 0 Å². The first kappa shape index (κ1) is 21.6. The average Bonchev–Trinajstić information content (AvgIpc) is 2.84. The maximum atomic E-state index is 12.5. The van der Waals surface area contributed by atoms with E-state index < -0.39 is 5.91 Å². The van der Waals surface area contributed by atoms with E-state index in [1.165, 1.54) is 6.07 Å². The molecular weight excluding hydrogens is 410 g/mol. The Hall–Kier alpha value is -3.66. The third-order valence-corrected chi connectivity index (χ3v) is 5.10. The molecule has 3 heterocycles. The number of morpholine rings is 1. The summed E-state index contributed by atoms with van der Waals surface area (Å²) in [6, 6.07) is 14.4. The summed E-state index contributed by atoms with van der Waals surface area (Å²) in [4.78, 5) is 35.2. The van der Waals surface area contributed by atoms with E-state index >= 15 is 0 Å². The molecule has 32 heavy (non-hydrogen) atoms. The summed E-state index contributed by atoms with van der Waals surface area (Å²) in [7, 11) is 0. The van der Waals surface area contributed by atoms with E-state index in [2.05, 4.69) is 15.3 Å². The monoisotopic (exact) mass is 433 g/mol. The Kier molecular flexibility index (Phi) is 6.81. The summed E-state index contributed by atoms with van der Waals surface area (Å²) >= 11 is 0. The molecule has 4 rings (SSSR count). The molecule has 2 amide bonds. The first-order valence-corrected chi connectivity index (χ1v) is 10.2. The Labute approximate surface area is 185 Å². The van der Waals surface area contributed by atoms with Crippen LogP contribution >= 0.6 is 0 Å². The molecular formula is C23H23N5O4. The zero-order valence-electron chi connectivity index (χ0n) is 17.3. The lowest BCUT2D eigenvalue weighted by Gasteiger charge is -2.25. The maximum absolute atomic E-state index is 12.5. The number of nitrogens with zero attached hydrogens (tertiary/aromatic N) is 3. The van der Waals surface area contributed by atoms with Crippen LogP contribution in [0, 0.1) is 0 Å². The van der Waals surface area contributed by atoms with Crippen LogP contribution in [0.25, 0.3) is 22.4 Å². The summed E-state index contributed by atoms with van der Waals surface area (Å²) in [5, 5.41) is 11.8. The van der Waals surface area contributed by atoms with Gasteiger partial charge in [0.05, 0.1) is 25.5 Å². The lowest BCUT2D eigenvalue weighted by atomic mass is 10.0. The highest BCUT2D eigenvalue weighted by molar-refractivity contribution is 5.97. The number of pyridine rings is 2. The largest absolute Gasteiger partial charge is 0.379 e. The Morgan fingerprint density at radius 3 is 2.47 bits per heavy atom. The first-order chi connectivity index (χ1) is 15.6. The molecule has 0 radical (unpaired) electrons. The SMILES string of the molecule is O=C(CN1CCOCC1)Nc1cc(C(=O)NO)cc(-c2ccc(-c3cccnc3)cc2)n1. The molecule has 3 aromatic rings. The third kappa shape index (κ3) is 5.33. The molecule has 1 aliphatic rings. The molecule has 1 fully saturated rings. The van der Waals surface area contributed by atoms with E-state index in [1.54, 1.807) is 23.9 Å². The number of nitrogens with one attached hydrogen (secondary N) is 2. The van der Waals surface area contributed by atoms with Gasteiger partial charge in [0.15, 0.2) is 0 Å². The van der Waals surface area contributed by atoms with E-state index in [-0.39, 0.29) is 23.8 Å². The van der Waals surface area contributed by atoms with Crippen molar-refractivity contribution in [2.24, 2.45) is 0 Å². The number of amides is 2. The fourth-order valence-corrected chi connectivity index (χ4v) is 3.45. The molecule has 1 aliphatic heterocycles. The standard InChI is InChI=1S/C23H23N5O4/c29-22(15-28-8-10-32-11-9-28)26-21-13-19(23(30)27-31)12-20(25-21)17-5-3-16(4-6-17)18-2-1-7-24-14-18/h1-7,12-14,31H,8-11,15H2,(H,27,30)(H,25,26,29). The molecule has 0 saturated carbocycles. The van der Waals surface area contributed by atoms with Crippen molar-refractivity contribution >= 4 is 17.6 Å². The Bertz CT molecular complexity index is 1080. The molecule has 164 valence electrons. The smallest absolute Gasteiger partial charge is 0.274 e. The molecule has 0 unspecified atom stereocenters. The van der Waals surface area contributed by atoms with E-state index in [0.717, 1.165) is 16.7 Å². The van der Waals surface area contributed by atoms with Gasteiger partial charge < -0.3 is 10.1 Å². The van der Waals surface area contributed by atoms with Gasteiger partial charge in [0, 0.05) is 36.6 Å². The average molecular weight is 433 g/mol. The van der Waals surface area contributed by atoms with Crippen molar-refractivity contribution in [3.8, 4) is 22.4 Å². The molecule has 0 aliphatic carbocycles. The van der Waals surface area contributed by atoms with Gasteiger partial charge in [-0.25, -0.2) is 10.5 Å². The predicted octanol–water partition coefficient (Wildman–Crippen LogP) is 2.20. The molecule has 0 atom stereocenters. The first-order valence-electron chi connectivity index (χ1n) is 10.2. The van der Waals surface area contributed by atoms with Gasteiger partial charge in [-0.05, 0) is 29.3 Å². The highest BCUT2D eigenvalue weighted by Gasteiger charge is 2.16. The summed E-state index contributed by atoms with van der Waals surface area (Å²) in [6.07, 6.45) is 3.50. The molecule has 1 saturated heterocycles. The summed E-state index contributed by atoms with van der Waals surface area (Å²) in [6.45, 7) is 2.76. The van der Waals surface area contributed by atoms with Gasteiger partial charge in [-0.2, -0.15) is 0 Å². The Balaban J connectivity index is 1.57. The van der Waals surface area contributed by atoms with Crippen LogP contribution in [0.15, 0.2) is 60.9 Å². The lowest BCUT2D eigenvalue weighted by Crippen LogP contribution is -2.41. The molecule has 0 spiro atoms. The van der Waals surface area contributed by atoms with Crippen molar-refractivity contribution in [3.63, 3.8) is 0 Å². The van der Waals surface area contributed by atoms with Crippen molar-refractivity contribution in [3.05, 3.63) is 66.5 Å². The minimum atomic E-state index is -0.690. The number of anilines is 1. The normalized spacial score (nSPS) is 14.0. The van der Waals surface area contributed by atoms with Crippen LogP contribution in [0.5, 0.6) is 0 Å². The predicted molar refractivity (Wildman–Crippen MR) is 118 cm³/mol. The number of hydrogen-bond acceptors (Lipinski definition) is 7. The molecule has 0 bridgehead atoms. The van der Waals surface area contributed by atoms with Crippen molar-refractivity contribution in [2.75, 3.05) is 38.2 Å². The summed E-state index contributed by atoms with van der Waals surface area (Å²) < 4.78 is 5.30. The van der Waals surface area contributed by atoms with E-state index in [0.29, 0.717) is 32.0 Å². The van der Waals surface area contributed by atoms with Gasteiger partial charge in [0.25, 0.3) is 5.91 Å². The van der Waals surface area contributed by atoms with Crippen LogP contribution in [-0.2, 0) is 9.53 Å². The fourth-order valence-electron chi connectivity index (χ4n) is 3.45. The highest BCUT2D eigenvalue weighted by atomic mass is 16.5. The Morgan fingerprint density at radius 2 is 1.78 bits per heavy atom. The van der Waals surface area contributed by atoms with Crippen LogP contribution in [0.4, 0.5) is 5.82 Å². The van der Waals surface area contributed by atoms with E-state index in [4.69, 9.17) is 9.94 Å². The van der Waals surface area contributed by atoms with Crippen LogP contribution in [-0.4, -0.2) is 64.7 Å². The highest BCUT2D eigenvalue weighted by Crippen LogP contribution is 2.25. The third-order valence-electron chi connectivity index (χ3n) is 5.10. The summed E-state index contributed by atoms with van der Waals surface area (Å²) in [5.74, 6) is -0.696. The topological polar surface area (TPSA) is 117 Å². The van der Waals surface area contributed by atoms with Crippen LogP contribution in [0.1, 0.15) is 10.4 Å². The van der Waals surface area contributed by atoms with E-state index in [9.17, 15) is 9.59 Å². The summed E-state index contributed by atoms with van der Waals surface area (Å²) in [5.41, 5.74) is 5.03. The number of hydroxylamine groups is 1. The Morgan fingerprint density at radius 1 is 1.03 bits per heavy atom. The maximum Gasteiger partial charge on any atom is 0.274 e. The number of ether oxygens (including phenoxy) is 1. The second-order valence-corrected chi connectivity index (χ2v) is 7.32. The number of carbonyl (C=O) groups is 2. The van der Waals surface area contributed by atoms with Crippen LogP contribution in [0.3, 0.4) is 0 Å². The lowest BCUT2D eigenvalue weighted by molar-refractivity contribution is -0.118. The number of carbonyl (C=O) groups excluding carboxylic acids is 2. The fraction of sp³-hybridized carbons (Fsp3) is 0.217. The van der Waals surface area contributed by atoms with Gasteiger partial charge in [-0.1, -0.05) is 30.3 Å². The molecule has 2 aromatic heterocycles. The van der Waals surface area contributed by atoms with Gasteiger partial charge >= 0.3 is 0 Å². The zero-order valence-corrected chi connectivity index (χ0v) is 17.3. The number of rotatable bonds is 6. The second kappa shape index (κ2) is 10.1. The minimum absolute atomic E-state index is 0.176. The van der Waals surface area contributed by atoms with Crippen molar-refractivity contribution in [1.29, 1.82) is 0 Å². The van der Waals surface area contributed by atoms with Crippen molar-refractivity contribution in [1.82, 2.24) is 20.3 Å². The molecule has 1 aromatic carbocycles. The van der Waals surface area contributed by atoms with Gasteiger partial charge in [0.1, 0.15) is 5.82 Å². The number of hydrogen-bond donors (Lipinski definition) is 3.